The lowest BCUT2D eigenvalue weighted by Gasteiger charge is -2.20. The molecule has 0 amide bonds. The minimum absolute atomic E-state index is 0.602. The lowest BCUT2D eigenvalue weighted by atomic mass is 10.2. The zero-order valence-electron chi connectivity index (χ0n) is 11.1. The molecule has 0 saturated heterocycles. The van der Waals surface area contributed by atoms with Gasteiger partial charge in [-0.3, -0.25) is 0 Å². The first-order valence-electron chi connectivity index (χ1n) is 6.39. The molecule has 0 spiro atoms. The first kappa shape index (κ1) is 15.1. The molecule has 0 aliphatic carbocycles. The summed E-state index contributed by atoms with van der Waals surface area (Å²) in [5, 5.41) is 0. The van der Waals surface area contributed by atoms with E-state index >= 15 is 0 Å². The van der Waals surface area contributed by atoms with Gasteiger partial charge in [0.15, 0.2) is 11.5 Å². The van der Waals surface area contributed by atoms with Gasteiger partial charge in [0, 0.05) is 25.3 Å². The second-order valence-electron chi connectivity index (χ2n) is 4.57. The molecule has 1 aliphatic rings. The van der Waals surface area contributed by atoms with Crippen molar-refractivity contribution in [1.82, 2.24) is 0 Å². The lowest BCUT2D eigenvalue weighted by molar-refractivity contribution is 0.171. The normalized spacial score (nSPS) is 13.2. The Morgan fingerprint density at radius 1 is 1.00 bits per heavy atom. The van der Waals surface area contributed by atoms with Crippen molar-refractivity contribution in [2.75, 3.05) is 18.9 Å². The van der Waals surface area contributed by atoms with Crippen LogP contribution in [0, 0.1) is 0 Å². The zero-order chi connectivity index (χ0) is 14.8. The van der Waals surface area contributed by atoms with Crippen LogP contribution in [0.25, 0.3) is 0 Å². The molecule has 2 aromatic carbocycles. The molecular formula is C15H13Br2NO2S. The van der Waals surface area contributed by atoms with Crippen molar-refractivity contribution in [2.45, 2.75) is 10.6 Å². The van der Waals surface area contributed by atoms with Gasteiger partial charge in [-0.15, -0.1) is 11.8 Å². The molecule has 110 valence electrons. The third kappa shape index (κ3) is 3.49. The molecule has 2 N–H and O–H groups in total. The Hall–Kier alpha value is -0.850. The maximum absolute atomic E-state index is 5.76. The SMILES string of the molecule is Nc1ccc(SCc2cc3c(cc2Br)OCCO3)c(Br)c1. The van der Waals surface area contributed by atoms with E-state index in [1.165, 1.54) is 5.56 Å². The monoisotopic (exact) mass is 429 g/mol. The fraction of sp³-hybridized carbons (Fsp3) is 0.200. The van der Waals surface area contributed by atoms with Gasteiger partial charge in [-0.25, -0.2) is 0 Å². The van der Waals surface area contributed by atoms with Gasteiger partial charge in [0.25, 0.3) is 0 Å². The highest BCUT2D eigenvalue weighted by Crippen LogP contribution is 2.39. The number of ether oxygens (including phenoxy) is 2. The molecule has 21 heavy (non-hydrogen) atoms. The van der Waals surface area contributed by atoms with Crippen LogP contribution in [0.3, 0.4) is 0 Å². The highest BCUT2D eigenvalue weighted by Gasteiger charge is 2.15. The molecule has 3 rings (SSSR count). The van der Waals surface area contributed by atoms with Crippen LogP contribution in [-0.2, 0) is 5.75 Å². The maximum Gasteiger partial charge on any atom is 0.162 e. The number of hydrogen-bond donors (Lipinski definition) is 1. The molecular weight excluding hydrogens is 418 g/mol. The van der Waals surface area contributed by atoms with Crippen LogP contribution in [0.1, 0.15) is 5.56 Å². The van der Waals surface area contributed by atoms with Crippen molar-refractivity contribution in [3.8, 4) is 11.5 Å². The second-order valence-corrected chi connectivity index (χ2v) is 7.29. The van der Waals surface area contributed by atoms with Crippen molar-refractivity contribution >= 4 is 49.3 Å². The fourth-order valence-electron chi connectivity index (χ4n) is 2.01. The van der Waals surface area contributed by atoms with Gasteiger partial charge >= 0.3 is 0 Å². The number of nitrogens with two attached hydrogens (primary N) is 1. The first-order chi connectivity index (χ1) is 10.1. The Morgan fingerprint density at radius 2 is 1.71 bits per heavy atom. The molecule has 6 heteroatoms. The zero-order valence-corrected chi connectivity index (χ0v) is 15.1. The van der Waals surface area contributed by atoms with Crippen molar-refractivity contribution in [3.63, 3.8) is 0 Å². The van der Waals surface area contributed by atoms with E-state index in [1.54, 1.807) is 11.8 Å². The Kier molecular flexibility index (Phi) is 4.66. The predicted octanol–water partition coefficient (Wildman–Crippen LogP) is 4.86. The summed E-state index contributed by atoms with van der Waals surface area (Å²) in [6, 6.07) is 9.86. The first-order valence-corrected chi connectivity index (χ1v) is 8.96. The summed E-state index contributed by atoms with van der Waals surface area (Å²) in [6.45, 7) is 1.21. The van der Waals surface area contributed by atoms with E-state index in [-0.39, 0.29) is 0 Å². The number of thioether (sulfide) groups is 1. The number of anilines is 1. The largest absolute Gasteiger partial charge is 0.486 e. The quantitative estimate of drug-likeness (QED) is 0.557. The molecule has 0 radical (unpaired) electrons. The van der Waals surface area contributed by atoms with Gasteiger partial charge in [0.2, 0.25) is 0 Å². The molecule has 1 aliphatic heterocycles. The summed E-state index contributed by atoms with van der Waals surface area (Å²) in [5.41, 5.74) is 7.69. The molecule has 2 aromatic rings. The number of fused-ring (bicyclic) bond motifs is 1. The maximum atomic E-state index is 5.76. The van der Waals surface area contributed by atoms with E-state index in [1.807, 2.05) is 30.3 Å². The van der Waals surface area contributed by atoms with Crippen molar-refractivity contribution < 1.29 is 9.47 Å². The Morgan fingerprint density at radius 3 is 2.43 bits per heavy atom. The third-order valence-corrected chi connectivity index (χ3v) is 5.83. The van der Waals surface area contributed by atoms with E-state index in [0.29, 0.717) is 13.2 Å². The summed E-state index contributed by atoms with van der Waals surface area (Å²) in [4.78, 5) is 1.16. The number of hydrogen-bond acceptors (Lipinski definition) is 4. The van der Waals surface area contributed by atoms with Crippen LogP contribution in [0.15, 0.2) is 44.2 Å². The average molecular weight is 431 g/mol. The molecule has 0 unspecified atom stereocenters. The van der Waals surface area contributed by atoms with Crippen LogP contribution >= 0.6 is 43.6 Å². The fourth-order valence-corrected chi connectivity index (χ4v) is 4.31. The van der Waals surface area contributed by atoms with E-state index < -0.39 is 0 Å². The van der Waals surface area contributed by atoms with Crippen molar-refractivity contribution in [1.29, 1.82) is 0 Å². The number of rotatable bonds is 3. The highest BCUT2D eigenvalue weighted by molar-refractivity contribution is 9.10. The Bertz CT molecular complexity index is 679. The Labute approximate surface area is 144 Å². The summed E-state index contributed by atoms with van der Waals surface area (Å²) < 4.78 is 13.2. The van der Waals surface area contributed by atoms with Gasteiger partial charge in [0.05, 0.1) is 0 Å². The standard InChI is InChI=1S/C15H13Br2NO2S/c16-11-7-14-13(19-3-4-20-14)5-9(11)8-21-15-2-1-10(18)6-12(15)17/h1-2,5-7H,3-4,8,18H2. The smallest absolute Gasteiger partial charge is 0.162 e. The van der Waals surface area contributed by atoms with Crippen LogP contribution in [0.2, 0.25) is 0 Å². The summed E-state index contributed by atoms with van der Waals surface area (Å²) in [6.07, 6.45) is 0. The minimum Gasteiger partial charge on any atom is -0.486 e. The highest BCUT2D eigenvalue weighted by atomic mass is 79.9. The van der Waals surface area contributed by atoms with Gasteiger partial charge in [-0.05, 0) is 51.8 Å². The van der Waals surface area contributed by atoms with Crippen LogP contribution in [0.4, 0.5) is 5.69 Å². The van der Waals surface area contributed by atoms with Gasteiger partial charge < -0.3 is 15.2 Å². The molecule has 0 bridgehead atoms. The summed E-state index contributed by atoms with van der Waals surface area (Å²) >= 11 is 8.89. The second kappa shape index (κ2) is 6.50. The van der Waals surface area contributed by atoms with Crippen molar-refractivity contribution in [2.24, 2.45) is 0 Å². The number of halogens is 2. The molecule has 0 fully saturated rings. The molecule has 0 atom stereocenters. The van der Waals surface area contributed by atoms with Gasteiger partial charge in [0.1, 0.15) is 13.2 Å². The minimum atomic E-state index is 0.602. The summed E-state index contributed by atoms with van der Waals surface area (Å²) in [7, 11) is 0. The van der Waals surface area contributed by atoms with E-state index in [2.05, 4.69) is 31.9 Å². The van der Waals surface area contributed by atoms with Gasteiger partial charge in [-0.2, -0.15) is 0 Å². The molecule has 3 nitrogen and oxygen atoms in total. The predicted molar refractivity (Wildman–Crippen MR) is 93.2 cm³/mol. The van der Waals surface area contributed by atoms with Crippen LogP contribution in [-0.4, -0.2) is 13.2 Å². The topological polar surface area (TPSA) is 44.5 Å². The van der Waals surface area contributed by atoms with Crippen LogP contribution in [0.5, 0.6) is 11.5 Å². The van der Waals surface area contributed by atoms with E-state index in [0.717, 1.165) is 36.8 Å². The van der Waals surface area contributed by atoms with E-state index in [9.17, 15) is 0 Å². The number of nitrogen functional groups attached to an aromatic ring is 1. The van der Waals surface area contributed by atoms with E-state index in [4.69, 9.17) is 15.2 Å². The molecule has 0 saturated carbocycles. The third-order valence-electron chi connectivity index (χ3n) is 3.05. The van der Waals surface area contributed by atoms with Gasteiger partial charge in [-0.1, -0.05) is 15.9 Å². The Balaban J connectivity index is 1.78. The molecule has 0 aromatic heterocycles. The average Bonchev–Trinajstić information content (AvgIpc) is 2.46. The number of benzene rings is 2. The van der Waals surface area contributed by atoms with Crippen molar-refractivity contribution in [3.05, 3.63) is 44.8 Å². The van der Waals surface area contributed by atoms with Crippen LogP contribution < -0.4 is 15.2 Å². The molecule has 1 heterocycles. The lowest BCUT2D eigenvalue weighted by Crippen LogP contribution is -2.15. The summed E-state index contributed by atoms with van der Waals surface area (Å²) in [5.74, 6) is 2.45.